The molecule has 0 spiro atoms. The largest absolute Gasteiger partial charge is 0.308 e. The van der Waals surface area contributed by atoms with Gasteiger partial charge in [-0.1, -0.05) is 20.8 Å². The number of nitrogen functional groups attached to an aromatic ring is 1. The van der Waals surface area contributed by atoms with Gasteiger partial charge in [0.15, 0.2) is 0 Å². The van der Waals surface area contributed by atoms with E-state index in [9.17, 15) is 0 Å². The quantitative estimate of drug-likeness (QED) is 0.489. The molecule has 21 heavy (non-hydrogen) atoms. The highest BCUT2D eigenvalue weighted by molar-refractivity contribution is 9.10. The normalized spacial score (nSPS) is 11.5. The van der Waals surface area contributed by atoms with Crippen molar-refractivity contribution >= 4 is 33.5 Å². The Morgan fingerprint density at radius 3 is 2.52 bits per heavy atom. The summed E-state index contributed by atoms with van der Waals surface area (Å²) in [6, 6.07) is 3.84. The Morgan fingerprint density at radius 2 is 1.95 bits per heavy atom. The summed E-state index contributed by atoms with van der Waals surface area (Å²) in [5, 5.41) is 1.71. The second-order valence-electron chi connectivity index (χ2n) is 5.61. The van der Waals surface area contributed by atoms with Gasteiger partial charge in [-0.3, -0.25) is 0 Å². The van der Waals surface area contributed by atoms with Gasteiger partial charge in [-0.15, -0.1) is 0 Å². The number of pyridine rings is 1. The number of aromatic nitrogens is 3. The molecule has 2 aromatic rings. The van der Waals surface area contributed by atoms with E-state index in [1.54, 1.807) is 6.20 Å². The predicted octanol–water partition coefficient (Wildman–Crippen LogP) is 3.68. The van der Waals surface area contributed by atoms with Gasteiger partial charge >= 0.3 is 0 Å². The number of nitrogens with two attached hydrogens (primary N) is 1. The lowest BCUT2D eigenvalue weighted by molar-refractivity contribution is 0.538. The Labute approximate surface area is 137 Å². The summed E-state index contributed by atoms with van der Waals surface area (Å²) in [7, 11) is 0. The van der Waals surface area contributed by atoms with Crippen LogP contribution in [-0.2, 0) is 5.41 Å². The Kier molecular flexibility index (Phi) is 4.85. The smallest absolute Gasteiger partial charge is 0.147 e. The summed E-state index contributed by atoms with van der Waals surface area (Å²) < 4.78 is 0.938. The third-order valence-corrected chi connectivity index (χ3v) is 4.84. The van der Waals surface area contributed by atoms with Crippen LogP contribution in [0.5, 0.6) is 0 Å². The number of hydrogen-bond acceptors (Lipinski definition) is 6. The third kappa shape index (κ3) is 3.72. The summed E-state index contributed by atoms with van der Waals surface area (Å²) in [5.41, 5.74) is 3.41. The van der Waals surface area contributed by atoms with Gasteiger partial charge in [-0.25, -0.2) is 20.8 Å². The van der Waals surface area contributed by atoms with Crippen molar-refractivity contribution in [2.75, 3.05) is 5.43 Å². The molecule has 0 atom stereocenters. The van der Waals surface area contributed by atoms with E-state index in [0.29, 0.717) is 5.82 Å². The molecule has 0 bridgehead atoms. The van der Waals surface area contributed by atoms with Crippen LogP contribution < -0.4 is 11.3 Å². The van der Waals surface area contributed by atoms with Crippen LogP contribution in [0.1, 0.15) is 32.2 Å². The maximum atomic E-state index is 5.58. The van der Waals surface area contributed by atoms with Crippen LogP contribution in [0.4, 0.5) is 5.82 Å². The molecule has 0 aliphatic carbocycles. The predicted molar refractivity (Wildman–Crippen MR) is 89.3 cm³/mol. The van der Waals surface area contributed by atoms with Gasteiger partial charge in [0.05, 0.1) is 4.47 Å². The first-order valence-electron chi connectivity index (χ1n) is 6.47. The van der Waals surface area contributed by atoms with Gasteiger partial charge < -0.3 is 5.43 Å². The number of nitrogens with zero attached hydrogens (tertiary/aromatic N) is 3. The van der Waals surface area contributed by atoms with E-state index in [1.807, 2.05) is 19.1 Å². The van der Waals surface area contributed by atoms with E-state index < -0.39 is 0 Å². The van der Waals surface area contributed by atoms with Gasteiger partial charge in [0.1, 0.15) is 21.7 Å². The van der Waals surface area contributed by atoms with Crippen LogP contribution >= 0.6 is 27.7 Å². The Balaban J connectivity index is 2.50. The van der Waals surface area contributed by atoms with Crippen LogP contribution in [0.15, 0.2) is 32.9 Å². The molecule has 0 fully saturated rings. The number of rotatable bonds is 3. The molecule has 0 aliphatic heterocycles. The highest BCUT2D eigenvalue weighted by Gasteiger charge is 2.21. The van der Waals surface area contributed by atoms with Crippen LogP contribution in [0.3, 0.4) is 0 Å². The fourth-order valence-corrected chi connectivity index (χ4v) is 2.95. The van der Waals surface area contributed by atoms with Crippen molar-refractivity contribution in [3.05, 3.63) is 34.2 Å². The molecule has 3 N–H and O–H groups in total. The van der Waals surface area contributed by atoms with Crippen molar-refractivity contribution in [2.24, 2.45) is 5.84 Å². The highest BCUT2D eigenvalue weighted by Crippen LogP contribution is 2.35. The molecule has 0 amide bonds. The second kappa shape index (κ2) is 6.29. The Hall–Kier alpha value is -1.18. The number of hydrazine groups is 1. The van der Waals surface area contributed by atoms with Crippen molar-refractivity contribution in [3.8, 4) is 0 Å². The molecule has 2 heterocycles. The minimum absolute atomic E-state index is 0.157. The monoisotopic (exact) mass is 367 g/mol. The molecular formula is C14H18BrN5S. The van der Waals surface area contributed by atoms with E-state index >= 15 is 0 Å². The molecule has 7 heteroatoms. The summed E-state index contributed by atoms with van der Waals surface area (Å²) in [6.07, 6.45) is 1.76. The van der Waals surface area contributed by atoms with Crippen molar-refractivity contribution in [1.29, 1.82) is 0 Å². The summed E-state index contributed by atoms with van der Waals surface area (Å²) in [5.74, 6) is 6.97. The summed E-state index contributed by atoms with van der Waals surface area (Å²) in [6.45, 7) is 8.16. The third-order valence-electron chi connectivity index (χ3n) is 2.83. The molecule has 112 valence electrons. The average molecular weight is 368 g/mol. The average Bonchev–Trinajstić information content (AvgIpc) is 2.42. The molecule has 0 saturated heterocycles. The van der Waals surface area contributed by atoms with Crippen LogP contribution in [0.25, 0.3) is 0 Å². The van der Waals surface area contributed by atoms with Gasteiger partial charge in [-0.2, -0.15) is 0 Å². The van der Waals surface area contributed by atoms with Gasteiger partial charge in [-0.05, 0) is 46.7 Å². The van der Waals surface area contributed by atoms with Crippen molar-refractivity contribution in [3.63, 3.8) is 0 Å². The summed E-state index contributed by atoms with van der Waals surface area (Å²) >= 11 is 5.00. The van der Waals surface area contributed by atoms with Gasteiger partial charge in [0.25, 0.3) is 0 Å². The minimum Gasteiger partial charge on any atom is -0.308 e. The molecular weight excluding hydrogens is 350 g/mol. The SMILES string of the molecule is Cc1c(NN)nc(C(C)(C)C)nc1Sc1ncccc1Br. The fraction of sp³-hybridized carbons (Fsp3) is 0.357. The maximum absolute atomic E-state index is 5.58. The van der Waals surface area contributed by atoms with Gasteiger partial charge in [0, 0.05) is 17.2 Å². The first-order chi connectivity index (χ1) is 9.82. The standard InChI is InChI=1S/C14H18BrN5S/c1-8-10(20-16)18-13(14(2,3)4)19-11(8)21-12-9(15)6-5-7-17-12/h5-7H,16H2,1-4H3,(H,18,19,20). The van der Waals surface area contributed by atoms with Gasteiger partial charge in [0.2, 0.25) is 0 Å². The maximum Gasteiger partial charge on any atom is 0.147 e. The molecule has 0 saturated carbocycles. The topological polar surface area (TPSA) is 76.7 Å². The van der Waals surface area contributed by atoms with Crippen LogP contribution in [0.2, 0.25) is 0 Å². The number of hydrogen-bond donors (Lipinski definition) is 2. The Morgan fingerprint density at radius 1 is 1.24 bits per heavy atom. The van der Waals surface area contributed by atoms with E-state index in [0.717, 1.165) is 25.9 Å². The molecule has 0 aliphatic rings. The molecule has 0 aromatic carbocycles. The van der Waals surface area contributed by atoms with E-state index in [4.69, 9.17) is 5.84 Å². The Bertz CT molecular complexity index is 654. The highest BCUT2D eigenvalue weighted by atomic mass is 79.9. The molecule has 2 rings (SSSR count). The first-order valence-corrected chi connectivity index (χ1v) is 8.08. The zero-order valence-corrected chi connectivity index (χ0v) is 14.8. The zero-order chi connectivity index (χ0) is 15.6. The van der Waals surface area contributed by atoms with E-state index in [-0.39, 0.29) is 5.41 Å². The number of anilines is 1. The second-order valence-corrected chi connectivity index (χ2v) is 7.44. The van der Waals surface area contributed by atoms with Crippen molar-refractivity contribution < 1.29 is 0 Å². The molecule has 0 unspecified atom stereocenters. The molecule has 2 aromatic heterocycles. The minimum atomic E-state index is -0.157. The van der Waals surface area contributed by atoms with Crippen LogP contribution in [-0.4, -0.2) is 15.0 Å². The van der Waals surface area contributed by atoms with Crippen LogP contribution in [0, 0.1) is 6.92 Å². The summed E-state index contributed by atoms with van der Waals surface area (Å²) in [4.78, 5) is 13.5. The lowest BCUT2D eigenvalue weighted by atomic mass is 9.95. The lowest BCUT2D eigenvalue weighted by Crippen LogP contribution is -2.20. The first kappa shape index (κ1) is 16.2. The lowest BCUT2D eigenvalue weighted by Gasteiger charge is -2.20. The van der Waals surface area contributed by atoms with Crippen molar-refractivity contribution in [2.45, 2.75) is 43.2 Å². The fourth-order valence-electron chi connectivity index (χ4n) is 1.61. The number of halogens is 1. The zero-order valence-electron chi connectivity index (χ0n) is 12.4. The van der Waals surface area contributed by atoms with Crippen molar-refractivity contribution in [1.82, 2.24) is 15.0 Å². The molecule has 5 nitrogen and oxygen atoms in total. The van der Waals surface area contributed by atoms with E-state index in [1.165, 1.54) is 11.8 Å². The van der Waals surface area contributed by atoms with E-state index in [2.05, 4.69) is 57.1 Å². The number of nitrogens with one attached hydrogen (secondary N) is 1. The molecule has 0 radical (unpaired) electrons.